The first-order valence-corrected chi connectivity index (χ1v) is 10.0. The molecule has 1 N–H and O–H groups in total. The van der Waals surface area contributed by atoms with Crippen LogP contribution in [0, 0.1) is 0 Å². The number of esters is 1. The maximum atomic E-state index is 12.7. The van der Waals surface area contributed by atoms with E-state index in [2.05, 4.69) is 4.72 Å². The van der Waals surface area contributed by atoms with Gasteiger partial charge in [-0.2, -0.15) is 0 Å². The van der Waals surface area contributed by atoms with Gasteiger partial charge in [-0.25, -0.2) is 13.2 Å². The molecule has 1 heterocycles. The first-order valence-electron chi connectivity index (χ1n) is 8.53. The highest BCUT2D eigenvalue weighted by Crippen LogP contribution is 2.30. The zero-order valence-corrected chi connectivity index (χ0v) is 15.9. The highest BCUT2D eigenvalue weighted by molar-refractivity contribution is 7.92. The van der Waals surface area contributed by atoms with E-state index in [4.69, 9.17) is 4.74 Å². The van der Waals surface area contributed by atoms with E-state index in [0.717, 1.165) is 11.3 Å². The number of carbonyl (C=O) groups is 2. The first-order chi connectivity index (χ1) is 12.8. The second kappa shape index (κ2) is 7.40. The van der Waals surface area contributed by atoms with E-state index in [9.17, 15) is 18.0 Å². The number of hydrogen-bond acceptors (Lipinski definition) is 5. The van der Waals surface area contributed by atoms with Crippen molar-refractivity contribution in [3.63, 3.8) is 0 Å². The molecule has 2 aromatic rings. The summed E-state index contributed by atoms with van der Waals surface area (Å²) in [7, 11) is -3.83. The largest absolute Gasteiger partial charge is 0.462 e. The number of fused-ring (bicyclic) bond motifs is 1. The number of nitrogens with zero attached hydrogens (tertiary/aromatic N) is 1. The topological polar surface area (TPSA) is 92.8 Å². The molecular formula is C19H20N2O5S. The molecule has 0 aromatic heterocycles. The molecule has 1 aliphatic heterocycles. The molecule has 1 aliphatic rings. The molecule has 0 spiro atoms. The number of nitrogens with one attached hydrogen (secondary N) is 1. The maximum Gasteiger partial charge on any atom is 0.338 e. The van der Waals surface area contributed by atoms with Crippen LogP contribution in [0.25, 0.3) is 0 Å². The van der Waals surface area contributed by atoms with Gasteiger partial charge >= 0.3 is 5.97 Å². The summed E-state index contributed by atoms with van der Waals surface area (Å²) in [6.45, 7) is 3.97. The van der Waals surface area contributed by atoms with Gasteiger partial charge in [0.1, 0.15) is 0 Å². The fourth-order valence-electron chi connectivity index (χ4n) is 3.01. The van der Waals surface area contributed by atoms with Gasteiger partial charge in [-0.05, 0) is 55.3 Å². The highest BCUT2D eigenvalue weighted by atomic mass is 32.2. The van der Waals surface area contributed by atoms with E-state index in [1.807, 2.05) is 0 Å². The number of amides is 1. The van der Waals surface area contributed by atoms with Crippen molar-refractivity contribution >= 4 is 33.3 Å². The maximum absolute atomic E-state index is 12.7. The summed E-state index contributed by atoms with van der Waals surface area (Å²) >= 11 is 0. The van der Waals surface area contributed by atoms with Crippen molar-refractivity contribution in [1.82, 2.24) is 0 Å². The standard InChI is InChI=1S/C19H20N2O5S/c1-3-26-19(23)15-5-4-6-16(11-15)20-27(24,25)17-7-8-18-14(12-17)9-10-21(18)13(2)22/h4-8,11-12,20H,3,9-10H2,1-2H3. The van der Waals surface area contributed by atoms with Crippen LogP contribution in [0.1, 0.15) is 29.8 Å². The number of ether oxygens (including phenoxy) is 1. The fraction of sp³-hybridized carbons (Fsp3) is 0.263. The molecule has 27 heavy (non-hydrogen) atoms. The third kappa shape index (κ3) is 3.95. The Morgan fingerprint density at radius 1 is 1.19 bits per heavy atom. The normalized spacial score (nSPS) is 13.2. The van der Waals surface area contributed by atoms with Crippen molar-refractivity contribution in [3.8, 4) is 0 Å². The first kappa shape index (κ1) is 18.9. The molecule has 3 rings (SSSR count). The Kier molecular flexibility index (Phi) is 5.18. The Morgan fingerprint density at radius 2 is 1.96 bits per heavy atom. The number of hydrogen-bond donors (Lipinski definition) is 1. The Bertz CT molecular complexity index is 1000. The fourth-order valence-corrected chi connectivity index (χ4v) is 4.11. The van der Waals surface area contributed by atoms with E-state index < -0.39 is 16.0 Å². The van der Waals surface area contributed by atoms with Gasteiger partial charge in [-0.3, -0.25) is 9.52 Å². The van der Waals surface area contributed by atoms with Crippen molar-refractivity contribution in [2.75, 3.05) is 22.8 Å². The van der Waals surface area contributed by atoms with Crippen LogP contribution < -0.4 is 9.62 Å². The Labute approximate surface area is 158 Å². The molecule has 0 fully saturated rings. The Morgan fingerprint density at radius 3 is 2.67 bits per heavy atom. The predicted octanol–water partition coefficient (Wildman–Crippen LogP) is 2.57. The molecule has 8 heteroatoms. The van der Waals surface area contributed by atoms with E-state index in [-0.39, 0.29) is 28.7 Å². The van der Waals surface area contributed by atoms with Gasteiger partial charge in [0.05, 0.1) is 17.1 Å². The predicted molar refractivity (Wildman–Crippen MR) is 101 cm³/mol. The van der Waals surface area contributed by atoms with E-state index in [0.29, 0.717) is 13.0 Å². The second-order valence-electron chi connectivity index (χ2n) is 6.12. The summed E-state index contributed by atoms with van der Waals surface area (Å²) in [5.41, 5.74) is 2.09. The average molecular weight is 388 g/mol. The van der Waals surface area contributed by atoms with Gasteiger partial charge in [-0.1, -0.05) is 6.07 Å². The van der Waals surface area contributed by atoms with Crippen LogP contribution in [0.4, 0.5) is 11.4 Å². The SMILES string of the molecule is CCOC(=O)c1cccc(NS(=O)(=O)c2ccc3c(c2)CCN3C(C)=O)c1. The van der Waals surface area contributed by atoms with E-state index in [1.54, 1.807) is 42.2 Å². The number of anilines is 2. The molecule has 142 valence electrons. The second-order valence-corrected chi connectivity index (χ2v) is 7.80. The van der Waals surface area contributed by atoms with Crippen molar-refractivity contribution in [2.45, 2.75) is 25.2 Å². The molecule has 0 atom stereocenters. The molecule has 0 radical (unpaired) electrons. The summed E-state index contributed by atoms with van der Waals surface area (Å²) < 4.78 is 32.8. The van der Waals surface area contributed by atoms with Crippen molar-refractivity contribution in [2.24, 2.45) is 0 Å². The third-order valence-electron chi connectivity index (χ3n) is 4.26. The van der Waals surface area contributed by atoms with Crippen LogP contribution in [0.5, 0.6) is 0 Å². The van der Waals surface area contributed by atoms with Crippen LogP contribution in [0.3, 0.4) is 0 Å². The number of carbonyl (C=O) groups excluding carboxylic acids is 2. The van der Waals surface area contributed by atoms with Crippen molar-refractivity contribution in [3.05, 3.63) is 53.6 Å². The lowest BCUT2D eigenvalue weighted by Gasteiger charge is -2.15. The molecule has 0 unspecified atom stereocenters. The Balaban J connectivity index is 1.85. The third-order valence-corrected chi connectivity index (χ3v) is 5.64. The van der Waals surface area contributed by atoms with Crippen LogP contribution in [0.15, 0.2) is 47.4 Å². The van der Waals surface area contributed by atoms with Gasteiger partial charge in [0, 0.05) is 24.8 Å². The van der Waals surface area contributed by atoms with Crippen molar-refractivity contribution in [1.29, 1.82) is 0 Å². The number of benzene rings is 2. The minimum Gasteiger partial charge on any atom is -0.462 e. The van der Waals surface area contributed by atoms with Crippen LogP contribution in [-0.4, -0.2) is 33.4 Å². The quantitative estimate of drug-likeness (QED) is 0.795. The monoisotopic (exact) mass is 388 g/mol. The summed E-state index contributed by atoms with van der Waals surface area (Å²) in [6.07, 6.45) is 0.608. The highest BCUT2D eigenvalue weighted by Gasteiger charge is 2.25. The lowest BCUT2D eigenvalue weighted by molar-refractivity contribution is -0.116. The van der Waals surface area contributed by atoms with E-state index >= 15 is 0 Å². The molecule has 2 aromatic carbocycles. The summed E-state index contributed by atoms with van der Waals surface area (Å²) in [4.78, 5) is 25.2. The van der Waals surface area contributed by atoms with Crippen LogP contribution in [0.2, 0.25) is 0 Å². The molecule has 0 saturated heterocycles. The molecule has 7 nitrogen and oxygen atoms in total. The zero-order valence-electron chi connectivity index (χ0n) is 15.1. The van der Waals surface area contributed by atoms with Gasteiger partial charge in [-0.15, -0.1) is 0 Å². The number of sulfonamides is 1. The molecule has 0 saturated carbocycles. The number of rotatable bonds is 5. The van der Waals surface area contributed by atoms with Gasteiger partial charge in [0.15, 0.2) is 0 Å². The van der Waals surface area contributed by atoms with Crippen LogP contribution >= 0.6 is 0 Å². The lowest BCUT2D eigenvalue weighted by atomic mass is 10.2. The summed E-state index contributed by atoms with van der Waals surface area (Å²) in [6, 6.07) is 10.8. The average Bonchev–Trinajstić information content (AvgIpc) is 3.05. The Hall–Kier alpha value is -2.87. The minimum absolute atomic E-state index is 0.0711. The van der Waals surface area contributed by atoms with Gasteiger partial charge in [0.25, 0.3) is 10.0 Å². The summed E-state index contributed by atoms with van der Waals surface area (Å²) in [5.74, 6) is -0.585. The minimum atomic E-state index is -3.83. The van der Waals surface area contributed by atoms with Gasteiger partial charge < -0.3 is 9.64 Å². The summed E-state index contributed by atoms with van der Waals surface area (Å²) in [5, 5.41) is 0. The van der Waals surface area contributed by atoms with Crippen LogP contribution in [-0.2, 0) is 26.0 Å². The van der Waals surface area contributed by atoms with E-state index in [1.165, 1.54) is 19.1 Å². The van der Waals surface area contributed by atoms with Gasteiger partial charge in [0.2, 0.25) is 5.91 Å². The lowest BCUT2D eigenvalue weighted by Crippen LogP contribution is -2.25. The van der Waals surface area contributed by atoms with Crippen molar-refractivity contribution < 1.29 is 22.7 Å². The molecule has 0 aliphatic carbocycles. The molecule has 0 bridgehead atoms. The smallest absolute Gasteiger partial charge is 0.338 e. The zero-order chi connectivity index (χ0) is 19.6. The molecular weight excluding hydrogens is 368 g/mol. The molecule has 1 amide bonds.